The van der Waals surface area contributed by atoms with E-state index in [0.29, 0.717) is 0 Å². The topological polar surface area (TPSA) is 37.3 Å². The molecule has 0 radical (unpaired) electrons. The maximum absolute atomic E-state index is 11.6. The molecule has 0 aromatic heterocycles. The first kappa shape index (κ1) is 35.8. The Kier molecular flexibility index (Phi) is 30.9. The number of hydrogen-bond acceptors (Lipinski definition) is 2. The van der Waals surface area contributed by atoms with Crippen molar-refractivity contribution in [1.82, 2.24) is 0 Å². The van der Waals surface area contributed by atoms with Crippen molar-refractivity contribution in [2.24, 2.45) is 5.92 Å². The summed E-state index contributed by atoms with van der Waals surface area (Å²) < 4.78 is 0. The quantitative estimate of drug-likeness (QED) is 0.0912. The van der Waals surface area contributed by atoms with E-state index in [9.17, 15) is 9.90 Å². The molecular formula is C33H66O2S. The van der Waals surface area contributed by atoms with Crippen LogP contribution in [0.1, 0.15) is 187 Å². The molecule has 0 aromatic carbocycles. The predicted octanol–water partition coefficient (Wildman–Crippen LogP) is 12.0. The van der Waals surface area contributed by atoms with Gasteiger partial charge in [-0.25, -0.2) is 0 Å². The van der Waals surface area contributed by atoms with Crippen LogP contribution in [0, 0.1) is 5.92 Å². The lowest BCUT2D eigenvalue weighted by Gasteiger charge is -2.12. The van der Waals surface area contributed by atoms with E-state index in [2.05, 4.69) is 13.8 Å². The van der Waals surface area contributed by atoms with Gasteiger partial charge in [-0.1, -0.05) is 174 Å². The molecule has 0 aliphatic rings. The number of unbranched alkanes of at least 4 members (excludes halogenated alkanes) is 24. The average Bonchev–Trinajstić information content (AvgIpc) is 2.87. The van der Waals surface area contributed by atoms with E-state index in [1.807, 2.05) is 11.8 Å². The Balaban J connectivity index is 3.38. The smallest absolute Gasteiger partial charge is 0.307 e. The van der Waals surface area contributed by atoms with Crippen molar-refractivity contribution in [1.29, 1.82) is 0 Å². The van der Waals surface area contributed by atoms with Gasteiger partial charge in [-0.05, 0) is 18.6 Å². The van der Waals surface area contributed by atoms with Gasteiger partial charge in [0.25, 0.3) is 0 Å². The van der Waals surface area contributed by atoms with E-state index < -0.39 is 5.97 Å². The summed E-state index contributed by atoms with van der Waals surface area (Å²) in [6.45, 7) is 4.56. The minimum Gasteiger partial charge on any atom is -0.481 e. The van der Waals surface area contributed by atoms with Crippen LogP contribution in [0.4, 0.5) is 0 Å². The normalized spacial score (nSPS) is 12.3. The van der Waals surface area contributed by atoms with E-state index >= 15 is 0 Å². The summed E-state index contributed by atoms with van der Waals surface area (Å²) >= 11 is 1.87. The summed E-state index contributed by atoms with van der Waals surface area (Å²) in [5.74, 6) is 1.24. The Hall–Kier alpha value is -0.180. The van der Waals surface area contributed by atoms with Crippen LogP contribution in [-0.4, -0.2) is 22.6 Å². The molecule has 216 valence electrons. The van der Waals surface area contributed by atoms with Gasteiger partial charge in [0.2, 0.25) is 0 Å². The van der Waals surface area contributed by atoms with Gasteiger partial charge in [0.15, 0.2) is 0 Å². The average molecular weight is 527 g/mol. The van der Waals surface area contributed by atoms with Gasteiger partial charge in [-0.15, -0.1) is 0 Å². The molecule has 0 spiro atoms. The highest BCUT2D eigenvalue weighted by Crippen LogP contribution is 2.20. The van der Waals surface area contributed by atoms with Crippen molar-refractivity contribution in [3.05, 3.63) is 0 Å². The Bertz CT molecular complexity index is 426. The van der Waals surface area contributed by atoms with Crippen molar-refractivity contribution >= 4 is 17.7 Å². The van der Waals surface area contributed by atoms with Crippen molar-refractivity contribution in [3.63, 3.8) is 0 Å². The van der Waals surface area contributed by atoms with Gasteiger partial charge in [0.05, 0.1) is 5.92 Å². The minimum absolute atomic E-state index is 0.134. The fourth-order valence-electron chi connectivity index (χ4n) is 5.13. The first-order chi connectivity index (χ1) is 17.7. The molecule has 0 saturated carbocycles. The van der Waals surface area contributed by atoms with Crippen LogP contribution in [0.3, 0.4) is 0 Å². The van der Waals surface area contributed by atoms with Crippen LogP contribution in [0.2, 0.25) is 0 Å². The van der Waals surface area contributed by atoms with E-state index in [1.165, 1.54) is 161 Å². The highest BCUT2D eigenvalue weighted by molar-refractivity contribution is 7.99. The fraction of sp³-hybridized carbons (Fsp3) is 0.970. The third-order valence-electron chi connectivity index (χ3n) is 7.72. The number of carboxylic acid groups (broad SMARTS) is 1. The zero-order valence-electron chi connectivity index (χ0n) is 24.8. The molecule has 2 nitrogen and oxygen atoms in total. The van der Waals surface area contributed by atoms with Crippen LogP contribution in [0.15, 0.2) is 0 Å². The van der Waals surface area contributed by atoms with Gasteiger partial charge in [-0.2, -0.15) is 11.8 Å². The van der Waals surface area contributed by atoms with E-state index in [4.69, 9.17) is 0 Å². The second-order valence-electron chi connectivity index (χ2n) is 11.4. The van der Waals surface area contributed by atoms with E-state index in [-0.39, 0.29) is 5.92 Å². The van der Waals surface area contributed by atoms with Gasteiger partial charge in [0.1, 0.15) is 0 Å². The first-order valence-electron chi connectivity index (χ1n) is 16.5. The summed E-state index contributed by atoms with van der Waals surface area (Å²) in [6, 6.07) is 0. The van der Waals surface area contributed by atoms with E-state index in [1.54, 1.807) is 0 Å². The van der Waals surface area contributed by atoms with Crippen LogP contribution in [-0.2, 0) is 4.79 Å². The fourth-order valence-corrected chi connectivity index (χ4v) is 6.30. The third kappa shape index (κ3) is 28.4. The zero-order chi connectivity index (χ0) is 26.4. The molecule has 0 fully saturated rings. The molecular weight excluding hydrogens is 460 g/mol. The summed E-state index contributed by atoms with van der Waals surface area (Å²) in [5, 5.41) is 9.56. The van der Waals surface area contributed by atoms with Gasteiger partial charge >= 0.3 is 5.97 Å². The maximum Gasteiger partial charge on any atom is 0.307 e. The monoisotopic (exact) mass is 526 g/mol. The molecule has 0 aromatic rings. The lowest BCUT2D eigenvalue weighted by Crippen LogP contribution is -2.16. The highest BCUT2D eigenvalue weighted by Gasteiger charge is 2.16. The van der Waals surface area contributed by atoms with Crippen LogP contribution < -0.4 is 0 Å². The maximum atomic E-state index is 11.6. The molecule has 0 bridgehead atoms. The molecule has 36 heavy (non-hydrogen) atoms. The first-order valence-corrected chi connectivity index (χ1v) is 17.7. The SMILES string of the molecule is CCCCCCCCCCCCCCCCCCC(CSCCCCCCCCCCCC)C(=O)O. The Morgan fingerprint density at radius 2 is 0.806 bits per heavy atom. The lowest BCUT2D eigenvalue weighted by molar-refractivity contribution is -0.141. The molecule has 3 heteroatoms. The number of carbonyl (C=O) groups is 1. The number of aliphatic carboxylic acids is 1. The van der Waals surface area contributed by atoms with Crippen LogP contribution in [0.25, 0.3) is 0 Å². The Morgan fingerprint density at radius 1 is 0.500 bits per heavy atom. The summed E-state index contributed by atoms with van der Waals surface area (Å²) in [7, 11) is 0. The Labute approximate surface area is 231 Å². The van der Waals surface area contributed by atoms with E-state index in [0.717, 1.165) is 24.3 Å². The summed E-state index contributed by atoms with van der Waals surface area (Å²) in [6.07, 6.45) is 36.5. The molecule has 0 rings (SSSR count). The second kappa shape index (κ2) is 31.0. The van der Waals surface area contributed by atoms with Gasteiger partial charge in [-0.3, -0.25) is 4.79 Å². The minimum atomic E-state index is -0.577. The second-order valence-corrected chi connectivity index (χ2v) is 12.5. The summed E-state index contributed by atoms with van der Waals surface area (Å²) in [4.78, 5) is 11.6. The van der Waals surface area contributed by atoms with Crippen molar-refractivity contribution in [3.8, 4) is 0 Å². The predicted molar refractivity (Wildman–Crippen MR) is 164 cm³/mol. The Morgan fingerprint density at radius 3 is 1.14 bits per heavy atom. The molecule has 0 aliphatic carbocycles. The van der Waals surface area contributed by atoms with Crippen molar-refractivity contribution < 1.29 is 9.90 Å². The van der Waals surface area contributed by atoms with Crippen LogP contribution >= 0.6 is 11.8 Å². The number of rotatable bonds is 31. The number of hydrogen-bond donors (Lipinski definition) is 1. The molecule has 1 unspecified atom stereocenters. The lowest BCUT2D eigenvalue weighted by atomic mass is 10.0. The molecule has 0 heterocycles. The molecule has 0 saturated heterocycles. The van der Waals surface area contributed by atoms with Crippen LogP contribution in [0.5, 0.6) is 0 Å². The largest absolute Gasteiger partial charge is 0.481 e. The summed E-state index contributed by atoms with van der Waals surface area (Å²) in [5.41, 5.74) is 0. The molecule has 0 amide bonds. The van der Waals surface area contributed by atoms with Gasteiger partial charge < -0.3 is 5.11 Å². The molecule has 0 aliphatic heterocycles. The van der Waals surface area contributed by atoms with Gasteiger partial charge in [0, 0.05) is 5.75 Å². The number of thioether (sulfide) groups is 1. The standard InChI is InChI=1S/C33H66O2S/c1-3-5-7-9-11-13-15-16-17-18-19-20-21-23-25-27-29-32(33(34)35)31-36-30-28-26-24-22-14-12-10-8-6-4-2/h32H,3-31H2,1-2H3,(H,34,35). The third-order valence-corrected chi connectivity index (χ3v) is 8.93. The van der Waals surface area contributed by atoms with Crippen molar-refractivity contribution in [2.45, 2.75) is 187 Å². The zero-order valence-corrected chi connectivity index (χ0v) is 25.7. The molecule has 1 N–H and O–H groups in total. The van der Waals surface area contributed by atoms with Crippen molar-refractivity contribution in [2.75, 3.05) is 11.5 Å². The number of carboxylic acids is 1. The highest BCUT2D eigenvalue weighted by atomic mass is 32.2. The molecule has 1 atom stereocenters.